The Morgan fingerprint density at radius 1 is 1.26 bits per heavy atom. The van der Waals surface area contributed by atoms with E-state index in [1.807, 2.05) is 0 Å². The Balaban J connectivity index is 2.80. The molecule has 0 bridgehead atoms. The minimum atomic E-state index is -0.200. The van der Waals surface area contributed by atoms with Crippen molar-refractivity contribution in [2.24, 2.45) is 0 Å². The molecule has 2 nitrogen and oxygen atoms in total. The van der Waals surface area contributed by atoms with E-state index in [1.54, 1.807) is 13.0 Å². The zero-order valence-corrected chi connectivity index (χ0v) is 12.3. The first kappa shape index (κ1) is 13.8. The fourth-order valence-electron chi connectivity index (χ4n) is 2.13. The van der Waals surface area contributed by atoms with Crippen LogP contribution in [0.1, 0.15) is 39.0 Å². The van der Waals surface area contributed by atoms with Crippen molar-refractivity contribution in [1.29, 1.82) is 0 Å². The fourth-order valence-corrected chi connectivity index (χ4v) is 2.13. The van der Waals surface area contributed by atoms with E-state index in [2.05, 4.69) is 44.1 Å². The zero-order valence-electron chi connectivity index (χ0n) is 12.3. The molecular weight excluding hydrogens is 239 g/mol. The van der Waals surface area contributed by atoms with Gasteiger partial charge in [0.15, 0.2) is 0 Å². The van der Waals surface area contributed by atoms with Crippen molar-refractivity contribution in [3.63, 3.8) is 0 Å². The van der Waals surface area contributed by atoms with Gasteiger partial charge >= 0.3 is 0 Å². The smallest absolute Gasteiger partial charge is 0.128 e. The van der Waals surface area contributed by atoms with E-state index in [1.165, 1.54) is 6.07 Å². The summed E-state index contributed by atoms with van der Waals surface area (Å²) in [5.41, 5.74) is 3.31. The van der Waals surface area contributed by atoms with Crippen LogP contribution in [0.25, 0.3) is 10.9 Å². The monoisotopic (exact) mass is 260 g/mol. The molecule has 0 aliphatic rings. The lowest BCUT2D eigenvalue weighted by atomic mass is 9.90. The Bertz CT molecular complexity index is 612. The van der Waals surface area contributed by atoms with Crippen molar-refractivity contribution in [2.75, 3.05) is 11.9 Å². The van der Waals surface area contributed by atoms with E-state index in [0.29, 0.717) is 5.56 Å². The first-order valence-electron chi connectivity index (χ1n) is 6.68. The summed E-state index contributed by atoms with van der Waals surface area (Å²) in [6, 6.07) is 5.38. The number of rotatable bonds is 2. The highest BCUT2D eigenvalue weighted by atomic mass is 19.1. The first-order chi connectivity index (χ1) is 8.84. The number of pyridine rings is 1. The van der Waals surface area contributed by atoms with Crippen LogP contribution in [0.4, 0.5) is 10.1 Å². The number of nitrogens with zero attached hydrogens (tertiary/aromatic N) is 1. The van der Waals surface area contributed by atoms with E-state index in [4.69, 9.17) is 0 Å². The molecule has 0 saturated heterocycles. The summed E-state index contributed by atoms with van der Waals surface area (Å²) in [5, 5.41) is 4.33. The van der Waals surface area contributed by atoms with Gasteiger partial charge in [0.05, 0.1) is 5.52 Å². The van der Waals surface area contributed by atoms with Crippen LogP contribution in [0.2, 0.25) is 0 Å². The average Bonchev–Trinajstić information content (AvgIpc) is 2.33. The summed E-state index contributed by atoms with van der Waals surface area (Å²) in [6.07, 6.45) is 0. The summed E-state index contributed by atoms with van der Waals surface area (Å²) in [5.74, 6) is -0.200. The molecule has 0 fully saturated rings. The molecule has 0 aliphatic carbocycles. The van der Waals surface area contributed by atoms with Gasteiger partial charge in [0.2, 0.25) is 0 Å². The summed E-state index contributed by atoms with van der Waals surface area (Å²) < 4.78 is 13.7. The molecule has 0 unspecified atom stereocenters. The lowest BCUT2D eigenvalue weighted by molar-refractivity contribution is 0.571. The molecule has 0 aliphatic heterocycles. The number of anilines is 1. The number of nitrogens with one attached hydrogen (secondary N) is 1. The molecule has 19 heavy (non-hydrogen) atoms. The number of fused-ring (bicyclic) bond motifs is 1. The molecule has 1 aromatic carbocycles. The molecule has 0 radical (unpaired) electrons. The SMILES string of the molecule is CCNc1cc(C(C)(C)C)nc2c(C)c(F)ccc12. The van der Waals surface area contributed by atoms with Crippen molar-refractivity contribution >= 4 is 16.6 Å². The highest BCUT2D eigenvalue weighted by molar-refractivity contribution is 5.93. The van der Waals surface area contributed by atoms with Crippen LogP contribution in [0, 0.1) is 12.7 Å². The van der Waals surface area contributed by atoms with Crippen LogP contribution < -0.4 is 5.32 Å². The molecule has 1 aromatic heterocycles. The normalized spacial score (nSPS) is 11.9. The van der Waals surface area contributed by atoms with E-state index >= 15 is 0 Å². The van der Waals surface area contributed by atoms with Gasteiger partial charge in [-0.25, -0.2) is 4.39 Å². The lowest BCUT2D eigenvalue weighted by Crippen LogP contribution is -2.15. The second kappa shape index (κ2) is 4.80. The number of hydrogen-bond donors (Lipinski definition) is 1. The average molecular weight is 260 g/mol. The molecule has 0 amide bonds. The lowest BCUT2D eigenvalue weighted by Gasteiger charge is -2.21. The van der Waals surface area contributed by atoms with Gasteiger partial charge in [-0.15, -0.1) is 0 Å². The van der Waals surface area contributed by atoms with Crippen LogP contribution in [0.3, 0.4) is 0 Å². The minimum absolute atomic E-state index is 0.0584. The van der Waals surface area contributed by atoms with Gasteiger partial charge in [0.25, 0.3) is 0 Å². The maximum Gasteiger partial charge on any atom is 0.128 e. The number of halogens is 1. The fraction of sp³-hybridized carbons (Fsp3) is 0.438. The molecule has 1 heterocycles. The third-order valence-electron chi connectivity index (χ3n) is 3.30. The van der Waals surface area contributed by atoms with Gasteiger partial charge in [-0.1, -0.05) is 20.8 Å². The number of benzene rings is 1. The van der Waals surface area contributed by atoms with E-state index in [0.717, 1.165) is 28.8 Å². The highest BCUT2D eigenvalue weighted by Gasteiger charge is 2.19. The molecule has 102 valence electrons. The van der Waals surface area contributed by atoms with Gasteiger partial charge < -0.3 is 5.32 Å². The zero-order chi connectivity index (χ0) is 14.2. The molecule has 2 rings (SSSR count). The Morgan fingerprint density at radius 2 is 1.95 bits per heavy atom. The minimum Gasteiger partial charge on any atom is -0.385 e. The van der Waals surface area contributed by atoms with Crippen LogP contribution in [0.15, 0.2) is 18.2 Å². The summed E-state index contributed by atoms with van der Waals surface area (Å²) in [6.45, 7) is 11.0. The Hall–Kier alpha value is -1.64. The first-order valence-corrected chi connectivity index (χ1v) is 6.68. The van der Waals surface area contributed by atoms with Gasteiger partial charge in [-0.3, -0.25) is 4.98 Å². The van der Waals surface area contributed by atoms with E-state index in [9.17, 15) is 4.39 Å². The summed E-state index contributed by atoms with van der Waals surface area (Å²) in [4.78, 5) is 4.67. The molecule has 2 aromatic rings. The Labute approximate surface area is 114 Å². The Morgan fingerprint density at radius 3 is 2.53 bits per heavy atom. The third kappa shape index (κ3) is 2.55. The van der Waals surface area contributed by atoms with Gasteiger partial charge in [-0.2, -0.15) is 0 Å². The molecule has 1 N–H and O–H groups in total. The van der Waals surface area contributed by atoms with Crippen molar-refractivity contribution < 1.29 is 4.39 Å². The molecule has 0 spiro atoms. The van der Waals surface area contributed by atoms with Gasteiger partial charge in [0.1, 0.15) is 5.82 Å². The second-order valence-electron chi connectivity index (χ2n) is 5.90. The molecule has 0 saturated carbocycles. The second-order valence-corrected chi connectivity index (χ2v) is 5.90. The van der Waals surface area contributed by atoms with E-state index in [-0.39, 0.29) is 11.2 Å². The van der Waals surface area contributed by atoms with Gasteiger partial charge in [0, 0.05) is 34.3 Å². The largest absolute Gasteiger partial charge is 0.385 e. The van der Waals surface area contributed by atoms with Crippen molar-refractivity contribution in [2.45, 2.75) is 40.0 Å². The Kier molecular flexibility index (Phi) is 3.48. The van der Waals surface area contributed by atoms with Crippen LogP contribution in [-0.2, 0) is 5.41 Å². The maximum absolute atomic E-state index is 13.7. The van der Waals surface area contributed by atoms with Gasteiger partial charge in [-0.05, 0) is 32.0 Å². The van der Waals surface area contributed by atoms with Crippen molar-refractivity contribution in [3.05, 3.63) is 35.3 Å². The maximum atomic E-state index is 13.7. The van der Waals surface area contributed by atoms with Crippen LogP contribution >= 0.6 is 0 Å². The predicted molar refractivity (Wildman–Crippen MR) is 79.3 cm³/mol. The van der Waals surface area contributed by atoms with Crippen LogP contribution in [-0.4, -0.2) is 11.5 Å². The van der Waals surface area contributed by atoms with Crippen LogP contribution in [0.5, 0.6) is 0 Å². The predicted octanol–water partition coefficient (Wildman–Crippen LogP) is 4.41. The number of aryl methyl sites for hydroxylation is 1. The topological polar surface area (TPSA) is 24.9 Å². The molecule has 0 atom stereocenters. The quantitative estimate of drug-likeness (QED) is 0.865. The highest BCUT2D eigenvalue weighted by Crippen LogP contribution is 2.31. The summed E-state index contributed by atoms with van der Waals surface area (Å²) >= 11 is 0. The molecular formula is C16H21FN2. The van der Waals surface area contributed by atoms with Crippen molar-refractivity contribution in [1.82, 2.24) is 4.98 Å². The third-order valence-corrected chi connectivity index (χ3v) is 3.30. The number of aromatic nitrogens is 1. The van der Waals surface area contributed by atoms with Crippen molar-refractivity contribution in [3.8, 4) is 0 Å². The molecule has 3 heteroatoms. The number of hydrogen-bond acceptors (Lipinski definition) is 2. The standard InChI is InChI=1S/C16H21FN2/c1-6-18-13-9-14(16(3,4)5)19-15-10(2)12(17)8-7-11(13)15/h7-9H,6H2,1-5H3,(H,18,19). The van der Waals surface area contributed by atoms with E-state index < -0.39 is 0 Å². The summed E-state index contributed by atoms with van der Waals surface area (Å²) in [7, 11) is 0.